The van der Waals surface area contributed by atoms with Gasteiger partial charge in [-0.15, -0.1) is 0 Å². The van der Waals surface area contributed by atoms with E-state index in [1.807, 2.05) is 24.3 Å². The van der Waals surface area contributed by atoms with Crippen molar-refractivity contribution in [3.8, 4) is 0 Å². The van der Waals surface area contributed by atoms with Crippen LogP contribution in [0.2, 0.25) is 0 Å². The first-order chi connectivity index (χ1) is 7.27. The Kier molecular flexibility index (Phi) is 2.74. The van der Waals surface area contributed by atoms with Crippen molar-refractivity contribution in [2.75, 3.05) is 0 Å². The summed E-state index contributed by atoms with van der Waals surface area (Å²) < 4.78 is 1.10. The van der Waals surface area contributed by atoms with Gasteiger partial charge < -0.3 is 0 Å². The Morgan fingerprint density at radius 1 is 1.00 bits per heavy atom. The fourth-order valence-corrected chi connectivity index (χ4v) is 2.36. The molecule has 0 aliphatic heterocycles. The summed E-state index contributed by atoms with van der Waals surface area (Å²) in [6.07, 6.45) is 3.74. The Labute approximate surface area is 98.1 Å². The molecule has 0 radical (unpaired) electrons. The van der Waals surface area contributed by atoms with Gasteiger partial charge in [0.15, 0.2) is 0 Å². The molecule has 0 saturated carbocycles. The molecule has 0 heterocycles. The van der Waals surface area contributed by atoms with Gasteiger partial charge in [0.2, 0.25) is 0 Å². The number of rotatable bonds is 2. The molecule has 0 aromatic heterocycles. The minimum atomic E-state index is 1.10. The highest BCUT2D eigenvalue weighted by atomic mass is 79.9. The SMILES string of the molecule is C=Cc1cc(Br)c2ccccc2c1C=C. The highest BCUT2D eigenvalue weighted by Crippen LogP contribution is 2.31. The summed E-state index contributed by atoms with van der Waals surface area (Å²) in [5.41, 5.74) is 2.25. The Hall–Kier alpha value is -1.34. The third kappa shape index (κ3) is 1.64. The third-order valence-electron chi connectivity index (χ3n) is 2.49. The maximum absolute atomic E-state index is 3.86. The Morgan fingerprint density at radius 2 is 1.67 bits per heavy atom. The first kappa shape index (κ1) is 10.2. The molecule has 15 heavy (non-hydrogen) atoms. The van der Waals surface area contributed by atoms with Gasteiger partial charge in [0.25, 0.3) is 0 Å². The molecule has 0 aliphatic rings. The number of hydrogen-bond acceptors (Lipinski definition) is 0. The van der Waals surface area contributed by atoms with Crippen molar-refractivity contribution in [1.82, 2.24) is 0 Å². The van der Waals surface area contributed by atoms with Crippen molar-refractivity contribution < 1.29 is 0 Å². The molecular weight excluding hydrogens is 248 g/mol. The standard InChI is InChI=1S/C14H11Br/c1-3-10-9-14(15)13-8-6-5-7-12(13)11(10)4-2/h3-9H,1-2H2. The zero-order chi connectivity index (χ0) is 10.8. The Balaban J connectivity index is 2.97. The van der Waals surface area contributed by atoms with Crippen LogP contribution < -0.4 is 0 Å². The molecule has 0 fully saturated rings. The summed E-state index contributed by atoms with van der Waals surface area (Å²) in [6, 6.07) is 10.3. The predicted molar refractivity (Wildman–Crippen MR) is 71.8 cm³/mol. The largest absolute Gasteiger partial charge is 0.0984 e. The van der Waals surface area contributed by atoms with Gasteiger partial charge >= 0.3 is 0 Å². The second-order valence-electron chi connectivity index (χ2n) is 3.32. The molecule has 1 heteroatoms. The highest BCUT2D eigenvalue weighted by Gasteiger charge is 2.05. The van der Waals surface area contributed by atoms with Crippen LogP contribution in [0.25, 0.3) is 22.9 Å². The summed E-state index contributed by atoms with van der Waals surface area (Å²) in [5.74, 6) is 0. The molecule has 0 bridgehead atoms. The molecule has 0 atom stereocenters. The van der Waals surface area contributed by atoms with Crippen molar-refractivity contribution in [2.45, 2.75) is 0 Å². The van der Waals surface area contributed by atoms with Gasteiger partial charge in [0.1, 0.15) is 0 Å². The molecule has 0 unspecified atom stereocenters. The monoisotopic (exact) mass is 258 g/mol. The quantitative estimate of drug-likeness (QED) is 0.720. The third-order valence-corrected chi connectivity index (χ3v) is 3.15. The normalized spacial score (nSPS) is 10.2. The first-order valence-electron chi connectivity index (χ1n) is 4.74. The topological polar surface area (TPSA) is 0 Å². The average molecular weight is 259 g/mol. The molecule has 0 aliphatic carbocycles. The predicted octanol–water partition coefficient (Wildman–Crippen LogP) is 4.89. The van der Waals surface area contributed by atoms with Gasteiger partial charge in [-0.05, 0) is 28.0 Å². The van der Waals surface area contributed by atoms with Crippen LogP contribution in [0.4, 0.5) is 0 Å². The summed E-state index contributed by atoms with van der Waals surface area (Å²) in [6.45, 7) is 7.68. The fraction of sp³-hybridized carbons (Fsp3) is 0. The lowest BCUT2D eigenvalue weighted by Crippen LogP contribution is -1.85. The van der Waals surface area contributed by atoms with E-state index < -0.39 is 0 Å². The van der Waals surface area contributed by atoms with Crippen LogP contribution in [0.5, 0.6) is 0 Å². The lowest BCUT2D eigenvalue weighted by molar-refractivity contribution is 1.64. The number of hydrogen-bond donors (Lipinski definition) is 0. The zero-order valence-electron chi connectivity index (χ0n) is 8.33. The molecule has 0 N–H and O–H groups in total. The van der Waals surface area contributed by atoms with Crippen LogP contribution in [0.15, 0.2) is 48.0 Å². The van der Waals surface area contributed by atoms with Gasteiger partial charge in [0, 0.05) is 4.47 Å². The smallest absolute Gasteiger partial charge is 0.0260 e. The van der Waals surface area contributed by atoms with Crippen LogP contribution in [0.1, 0.15) is 11.1 Å². The molecular formula is C14H11Br. The van der Waals surface area contributed by atoms with E-state index >= 15 is 0 Å². The van der Waals surface area contributed by atoms with Crippen molar-refractivity contribution in [3.05, 3.63) is 59.1 Å². The second-order valence-corrected chi connectivity index (χ2v) is 4.17. The van der Waals surface area contributed by atoms with Gasteiger partial charge in [-0.3, -0.25) is 0 Å². The first-order valence-corrected chi connectivity index (χ1v) is 5.53. The second kappa shape index (κ2) is 4.03. The number of halogens is 1. The average Bonchev–Trinajstić information content (AvgIpc) is 2.29. The van der Waals surface area contributed by atoms with E-state index in [2.05, 4.69) is 47.3 Å². The minimum absolute atomic E-state index is 1.10. The summed E-state index contributed by atoms with van der Waals surface area (Å²) in [7, 11) is 0. The van der Waals surface area contributed by atoms with Gasteiger partial charge in [-0.2, -0.15) is 0 Å². The van der Waals surface area contributed by atoms with Crippen molar-refractivity contribution in [1.29, 1.82) is 0 Å². The van der Waals surface area contributed by atoms with E-state index in [0.717, 1.165) is 15.6 Å². The van der Waals surface area contributed by atoms with Gasteiger partial charge in [-0.25, -0.2) is 0 Å². The molecule has 74 valence electrons. The van der Waals surface area contributed by atoms with Gasteiger partial charge in [0.05, 0.1) is 0 Å². The summed E-state index contributed by atoms with van der Waals surface area (Å²) >= 11 is 3.57. The maximum Gasteiger partial charge on any atom is 0.0260 e. The van der Waals surface area contributed by atoms with Crippen molar-refractivity contribution in [2.24, 2.45) is 0 Å². The van der Waals surface area contributed by atoms with Crippen molar-refractivity contribution >= 4 is 38.9 Å². The van der Waals surface area contributed by atoms with Gasteiger partial charge in [-0.1, -0.05) is 65.5 Å². The Morgan fingerprint density at radius 3 is 2.27 bits per heavy atom. The van der Waals surface area contributed by atoms with Crippen LogP contribution in [0.3, 0.4) is 0 Å². The molecule has 0 spiro atoms. The Bertz CT molecular complexity index is 538. The zero-order valence-corrected chi connectivity index (χ0v) is 9.92. The summed E-state index contributed by atoms with van der Waals surface area (Å²) in [5, 5.41) is 2.41. The van der Waals surface area contributed by atoms with E-state index in [4.69, 9.17) is 0 Å². The number of fused-ring (bicyclic) bond motifs is 1. The van der Waals surface area contributed by atoms with Crippen LogP contribution in [-0.4, -0.2) is 0 Å². The fourth-order valence-electron chi connectivity index (χ4n) is 1.77. The van der Waals surface area contributed by atoms with E-state index in [0.29, 0.717) is 0 Å². The highest BCUT2D eigenvalue weighted by molar-refractivity contribution is 9.10. The van der Waals surface area contributed by atoms with Crippen molar-refractivity contribution in [3.63, 3.8) is 0 Å². The van der Waals surface area contributed by atoms with E-state index in [9.17, 15) is 0 Å². The maximum atomic E-state index is 3.86. The minimum Gasteiger partial charge on any atom is -0.0984 e. The molecule has 2 aromatic carbocycles. The van der Waals surface area contributed by atoms with E-state index in [1.54, 1.807) is 0 Å². The molecule has 2 aromatic rings. The molecule has 0 nitrogen and oxygen atoms in total. The lowest BCUT2D eigenvalue weighted by atomic mass is 9.99. The lowest BCUT2D eigenvalue weighted by Gasteiger charge is -2.08. The van der Waals surface area contributed by atoms with Crippen LogP contribution in [-0.2, 0) is 0 Å². The molecule has 0 saturated heterocycles. The summed E-state index contributed by atoms with van der Waals surface area (Å²) in [4.78, 5) is 0. The van der Waals surface area contributed by atoms with E-state index in [1.165, 1.54) is 10.8 Å². The molecule has 0 amide bonds. The van der Waals surface area contributed by atoms with Crippen LogP contribution in [0, 0.1) is 0 Å². The number of benzene rings is 2. The molecule has 2 rings (SSSR count). The van der Waals surface area contributed by atoms with Crippen LogP contribution >= 0.6 is 15.9 Å². The van der Waals surface area contributed by atoms with E-state index in [-0.39, 0.29) is 0 Å².